The monoisotopic (exact) mass is 485 g/mol. The Morgan fingerprint density at radius 2 is 1.71 bits per heavy atom. The second-order valence-corrected chi connectivity index (χ2v) is 10.1. The van der Waals surface area contributed by atoms with E-state index in [0.717, 1.165) is 54.2 Å². The Bertz CT molecular complexity index is 1210. The zero-order valence-electron chi connectivity index (χ0n) is 21.3. The molecule has 5 nitrogen and oxygen atoms in total. The number of piperidine rings is 1. The van der Waals surface area contributed by atoms with E-state index in [0.29, 0.717) is 11.4 Å². The number of rotatable bonds is 5. The summed E-state index contributed by atoms with van der Waals surface area (Å²) in [6.45, 7) is 9.52. The van der Waals surface area contributed by atoms with Crippen LogP contribution in [0.5, 0.6) is 0 Å². The summed E-state index contributed by atoms with van der Waals surface area (Å²) in [6, 6.07) is 10.3. The number of hydrogen-bond acceptors (Lipinski definition) is 5. The van der Waals surface area contributed by atoms with Crippen LogP contribution < -0.4 is 10.2 Å². The molecule has 0 radical (unpaired) electrons. The van der Waals surface area contributed by atoms with E-state index in [-0.39, 0.29) is 17.1 Å². The summed E-state index contributed by atoms with van der Waals surface area (Å²) in [6.07, 6.45) is -2.24. The number of nitrogens with zero attached hydrogens (tertiary/aromatic N) is 4. The highest BCUT2D eigenvalue weighted by molar-refractivity contribution is 5.95. The van der Waals surface area contributed by atoms with Crippen LogP contribution in [0.4, 0.5) is 24.7 Å². The molecule has 1 saturated heterocycles. The summed E-state index contributed by atoms with van der Waals surface area (Å²) in [5.41, 5.74) is 2.34. The van der Waals surface area contributed by atoms with Gasteiger partial charge in [0.25, 0.3) is 0 Å². The fraction of sp³-hybridized carbons (Fsp3) is 0.481. The molecule has 0 aliphatic carbocycles. The van der Waals surface area contributed by atoms with Gasteiger partial charge in [0.05, 0.1) is 17.3 Å². The third kappa shape index (κ3) is 4.94. The molecule has 1 unspecified atom stereocenters. The van der Waals surface area contributed by atoms with Gasteiger partial charge >= 0.3 is 6.18 Å². The second-order valence-electron chi connectivity index (χ2n) is 10.1. The Morgan fingerprint density at radius 3 is 2.34 bits per heavy atom. The Morgan fingerprint density at radius 1 is 1.03 bits per heavy atom. The van der Waals surface area contributed by atoms with Crippen LogP contribution in [0.1, 0.15) is 55.1 Å². The molecule has 3 aromatic rings. The maximum atomic E-state index is 13.4. The van der Waals surface area contributed by atoms with Crippen molar-refractivity contribution in [3.05, 3.63) is 58.8 Å². The average Bonchev–Trinajstić information content (AvgIpc) is 2.80. The van der Waals surface area contributed by atoms with Crippen molar-refractivity contribution in [1.82, 2.24) is 15.1 Å². The van der Waals surface area contributed by atoms with E-state index in [4.69, 9.17) is 0 Å². The van der Waals surface area contributed by atoms with E-state index in [1.165, 1.54) is 13.0 Å². The topological polar surface area (TPSA) is 44.3 Å². The van der Waals surface area contributed by atoms with E-state index >= 15 is 0 Å². The lowest BCUT2D eigenvalue weighted by Gasteiger charge is -2.44. The van der Waals surface area contributed by atoms with Gasteiger partial charge in [-0.25, -0.2) is 0 Å². The zero-order chi connectivity index (χ0) is 25.5. The molecule has 2 heterocycles. The number of aryl methyl sites for hydroxylation is 1. The van der Waals surface area contributed by atoms with Gasteiger partial charge in [0.1, 0.15) is 0 Å². The zero-order valence-corrected chi connectivity index (χ0v) is 21.3. The van der Waals surface area contributed by atoms with Gasteiger partial charge in [-0.2, -0.15) is 18.3 Å². The quantitative estimate of drug-likeness (QED) is 0.456. The van der Waals surface area contributed by atoms with Crippen LogP contribution in [0.2, 0.25) is 0 Å². The number of benzene rings is 2. The van der Waals surface area contributed by atoms with Crippen LogP contribution in [0.25, 0.3) is 10.8 Å². The van der Waals surface area contributed by atoms with Crippen LogP contribution in [0.3, 0.4) is 0 Å². The van der Waals surface area contributed by atoms with Crippen LogP contribution in [0, 0.1) is 13.8 Å². The summed E-state index contributed by atoms with van der Waals surface area (Å²) in [4.78, 5) is 4.70. The first-order chi connectivity index (χ1) is 16.4. The van der Waals surface area contributed by atoms with Crippen molar-refractivity contribution in [2.45, 2.75) is 58.3 Å². The Balaban J connectivity index is 1.65. The molecule has 1 aliphatic heterocycles. The minimum absolute atomic E-state index is 0.195. The molecule has 1 N–H and O–H groups in total. The van der Waals surface area contributed by atoms with E-state index in [1.54, 1.807) is 6.07 Å². The normalized spacial score (nSPS) is 17.1. The highest BCUT2D eigenvalue weighted by atomic mass is 19.4. The van der Waals surface area contributed by atoms with Crippen molar-refractivity contribution >= 4 is 22.3 Å². The van der Waals surface area contributed by atoms with E-state index in [9.17, 15) is 13.2 Å². The number of nitrogens with one attached hydrogen (secondary N) is 1. The maximum absolute atomic E-state index is 13.4. The molecule has 1 aromatic heterocycles. The number of halogens is 3. The van der Waals surface area contributed by atoms with Crippen LogP contribution >= 0.6 is 0 Å². The largest absolute Gasteiger partial charge is 0.416 e. The van der Waals surface area contributed by atoms with Gasteiger partial charge in [-0.3, -0.25) is 0 Å². The molecule has 0 bridgehead atoms. The van der Waals surface area contributed by atoms with Crippen molar-refractivity contribution in [2.75, 3.05) is 37.4 Å². The van der Waals surface area contributed by atoms with Crippen molar-refractivity contribution in [3.63, 3.8) is 0 Å². The second kappa shape index (κ2) is 9.30. The third-order valence-corrected chi connectivity index (χ3v) is 7.73. The number of alkyl halides is 3. The van der Waals surface area contributed by atoms with Gasteiger partial charge in [-0.15, -0.1) is 5.10 Å². The van der Waals surface area contributed by atoms with E-state index in [1.807, 2.05) is 13.8 Å². The highest BCUT2D eigenvalue weighted by Crippen LogP contribution is 2.37. The van der Waals surface area contributed by atoms with Crippen molar-refractivity contribution in [2.24, 2.45) is 0 Å². The number of fused-ring (bicyclic) bond motifs is 1. The van der Waals surface area contributed by atoms with Gasteiger partial charge in [-0.1, -0.05) is 18.2 Å². The average molecular weight is 486 g/mol. The lowest BCUT2D eigenvalue weighted by atomic mass is 9.88. The van der Waals surface area contributed by atoms with Gasteiger partial charge in [0.15, 0.2) is 5.82 Å². The molecule has 0 saturated carbocycles. The summed E-state index contributed by atoms with van der Waals surface area (Å²) >= 11 is 0. The molecule has 2 aromatic carbocycles. The Kier molecular flexibility index (Phi) is 6.70. The predicted molar refractivity (Wildman–Crippen MR) is 136 cm³/mol. The first kappa shape index (κ1) is 25.2. The van der Waals surface area contributed by atoms with Crippen LogP contribution in [-0.4, -0.2) is 47.8 Å². The molecule has 188 valence electrons. The van der Waals surface area contributed by atoms with Crippen molar-refractivity contribution in [1.29, 1.82) is 0 Å². The van der Waals surface area contributed by atoms with Crippen molar-refractivity contribution in [3.8, 4) is 0 Å². The Hall–Kier alpha value is -2.87. The Labute approximate surface area is 205 Å². The first-order valence-corrected chi connectivity index (χ1v) is 12.0. The molecule has 0 spiro atoms. The summed E-state index contributed by atoms with van der Waals surface area (Å²) < 4.78 is 40.3. The first-order valence-electron chi connectivity index (χ1n) is 12.0. The maximum Gasteiger partial charge on any atom is 0.416 e. The molecule has 1 fully saturated rings. The molecule has 0 amide bonds. The summed E-state index contributed by atoms with van der Waals surface area (Å²) in [5, 5.41) is 13.9. The fourth-order valence-corrected chi connectivity index (χ4v) is 4.99. The number of aromatic nitrogens is 2. The smallest absolute Gasteiger partial charge is 0.371 e. The standard InChI is InChI=1S/C27H34F3N5/c1-17-21(8-7-9-24(17)27(28,29)30)18(2)31-25-23-16-20(10-11-22(23)19(3)32-33-25)35-14-12-26(4,13-15-35)34(5)6/h7-11,16,18H,12-15H2,1-6H3,(H,31,33). The fourth-order valence-electron chi connectivity index (χ4n) is 4.99. The molecule has 8 heteroatoms. The molecular formula is C27H34F3N5. The van der Waals surface area contributed by atoms with E-state index < -0.39 is 11.7 Å². The van der Waals surface area contributed by atoms with Gasteiger partial charge < -0.3 is 15.1 Å². The van der Waals surface area contributed by atoms with Crippen LogP contribution in [-0.2, 0) is 6.18 Å². The molecule has 1 atom stereocenters. The summed E-state index contributed by atoms with van der Waals surface area (Å²) in [5.74, 6) is 0.576. The van der Waals surface area contributed by atoms with Gasteiger partial charge in [-0.05, 0) is 84.0 Å². The van der Waals surface area contributed by atoms with Crippen molar-refractivity contribution < 1.29 is 13.2 Å². The predicted octanol–water partition coefficient (Wildman–Crippen LogP) is 6.36. The minimum Gasteiger partial charge on any atom is -0.371 e. The van der Waals surface area contributed by atoms with Gasteiger partial charge in [0.2, 0.25) is 0 Å². The molecule has 1 aliphatic rings. The highest BCUT2D eigenvalue weighted by Gasteiger charge is 2.34. The van der Waals surface area contributed by atoms with Crippen LogP contribution in [0.15, 0.2) is 36.4 Å². The lowest BCUT2D eigenvalue weighted by molar-refractivity contribution is -0.138. The summed E-state index contributed by atoms with van der Waals surface area (Å²) in [7, 11) is 4.27. The van der Waals surface area contributed by atoms with E-state index in [2.05, 4.69) is 64.5 Å². The number of anilines is 2. The van der Waals surface area contributed by atoms with Gasteiger partial charge in [0, 0.05) is 35.1 Å². The lowest BCUT2D eigenvalue weighted by Crippen LogP contribution is -2.50. The molecular weight excluding hydrogens is 451 g/mol. The number of hydrogen-bond donors (Lipinski definition) is 1. The minimum atomic E-state index is -4.39. The molecule has 4 rings (SSSR count). The third-order valence-electron chi connectivity index (χ3n) is 7.73. The molecule has 35 heavy (non-hydrogen) atoms. The SMILES string of the molecule is Cc1c(C(C)Nc2nnc(C)c3ccc(N4CCC(C)(N(C)C)CC4)cc23)cccc1C(F)(F)F.